The van der Waals surface area contributed by atoms with Gasteiger partial charge < -0.3 is 14.7 Å². The summed E-state index contributed by atoms with van der Waals surface area (Å²) in [5, 5.41) is 10.5. The summed E-state index contributed by atoms with van der Waals surface area (Å²) in [5.41, 5.74) is 0.741. The second kappa shape index (κ2) is 7.27. The fourth-order valence-electron chi connectivity index (χ4n) is 3.33. The molecule has 1 unspecified atom stereocenters. The van der Waals surface area contributed by atoms with E-state index in [2.05, 4.69) is 19.9 Å². The lowest BCUT2D eigenvalue weighted by Gasteiger charge is -2.33. The van der Waals surface area contributed by atoms with E-state index < -0.39 is 6.10 Å². The van der Waals surface area contributed by atoms with Crippen LogP contribution < -0.4 is 5.56 Å². The summed E-state index contributed by atoms with van der Waals surface area (Å²) in [6.45, 7) is 4.41. The first-order valence-corrected chi connectivity index (χ1v) is 8.53. The Bertz CT molecular complexity index is 731. The van der Waals surface area contributed by atoms with Crippen LogP contribution in [0.4, 0.5) is 0 Å². The molecule has 0 spiro atoms. The van der Waals surface area contributed by atoms with Gasteiger partial charge in [-0.05, 0) is 38.3 Å². The van der Waals surface area contributed by atoms with Gasteiger partial charge in [0.25, 0.3) is 5.56 Å². The third kappa shape index (κ3) is 3.73. The zero-order valence-electron chi connectivity index (χ0n) is 14.3. The van der Waals surface area contributed by atoms with E-state index >= 15 is 0 Å². The molecule has 1 fully saturated rings. The smallest absolute Gasteiger partial charge is 0.251 e. The first kappa shape index (κ1) is 16.9. The second-order valence-corrected chi connectivity index (χ2v) is 6.49. The Morgan fingerprint density at radius 1 is 1.42 bits per heavy atom. The van der Waals surface area contributed by atoms with E-state index in [1.165, 1.54) is 0 Å². The largest absolute Gasteiger partial charge is 0.385 e. The highest BCUT2D eigenvalue weighted by molar-refractivity contribution is 5.03. The Kier molecular flexibility index (Phi) is 5.11. The lowest BCUT2D eigenvalue weighted by molar-refractivity contribution is 0.0485. The molecule has 2 aromatic rings. The third-order valence-electron chi connectivity index (χ3n) is 4.78. The SMILES string of the molecule is CCc1cc(=O)[nH]c(CN2CCC(C(O)c3nccn3C)CC2)n1. The maximum absolute atomic E-state index is 11.7. The predicted molar refractivity (Wildman–Crippen MR) is 90.4 cm³/mol. The van der Waals surface area contributed by atoms with Gasteiger partial charge in [-0.1, -0.05) is 6.92 Å². The van der Waals surface area contributed by atoms with Crippen molar-refractivity contribution < 1.29 is 5.11 Å². The number of imidazole rings is 1. The number of nitrogens with one attached hydrogen (secondary N) is 1. The third-order valence-corrected chi connectivity index (χ3v) is 4.78. The fourth-order valence-corrected chi connectivity index (χ4v) is 3.33. The molecule has 1 aliphatic heterocycles. The number of piperidine rings is 1. The number of aliphatic hydroxyl groups excluding tert-OH is 1. The van der Waals surface area contributed by atoms with Crippen LogP contribution in [-0.4, -0.2) is 42.6 Å². The first-order chi connectivity index (χ1) is 11.6. The highest BCUT2D eigenvalue weighted by Crippen LogP contribution is 2.29. The molecule has 1 atom stereocenters. The van der Waals surface area contributed by atoms with Crippen molar-refractivity contribution in [3.05, 3.63) is 46.2 Å². The molecule has 2 N–H and O–H groups in total. The minimum absolute atomic E-state index is 0.0862. The average Bonchev–Trinajstić information content (AvgIpc) is 3.00. The molecule has 2 aromatic heterocycles. The molecule has 0 aliphatic carbocycles. The van der Waals surface area contributed by atoms with Crippen LogP contribution in [0, 0.1) is 5.92 Å². The molecule has 1 aliphatic rings. The van der Waals surface area contributed by atoms with Crippen molar-refractivity contribution >= 4 is 0 Å². The molecule has 130 valence electrons. The molecule has 1 saturated heterocycles. The monoisotopic (exact) mass is 331 g/mol. The normalized spacial score (nSPS) is 18.0. The zero-order valence-corrected chi connectivity index (χ0v) is 14.3. The summed E-state index contributed by atoms with van der Waals surface area (Å²) in [4.78, 5) is 25.5. The standard InChI is InChI=1S/C17H25N5O2/c1-3-13-10-15(23)20-14(19-13)11-22-7-4-12(5-8-22)16(24)17-18-6-9-21(17)2/h6,9-10,12,16,24H,3-5,7-8,11H2,1-2H3,(H,19,20,23). The molecule has 0 radical (unpaired) electrons. The van der Waals surface area contributed by atoms with Gasteiger partial charge in [-0.3, -0.25) is 9.69 Å². The second-order valence-electron chi connectivity index (χ2n) is 6.49. The molecule has 0 aromatic carbocycles. The lowest BCUT2D eigenvalue weighted by atomic mass is 9.90. The summed E-state index contributed by atoms with van der Waals surface area (Å²) in [6.07, 6.45) is 5.63. The number of aromatic nitrogens is 4. The highest BCUT2D eigenvalue weighted by Gasteiger charge is 2.28. The van der Waals surface area contributed by atoms with E-state index in [-0.39, 0.29) is 11.5 Å². The van der Waals surface area contributed by atoms with Crippen molar-refractivity contribution in [1.29, 1.82) is 0 Å². The Morgan fingerprint density at radius 2 is 2.17 bits per heavy atom. The van der Waals surface area contributed by atoms with E-state index in [1.807, 2.05) is 24.7 Å². The van der Waals surface area contributed by atoms with Gasteiger partial charge in [0.05, 0.1) is 6.54 Å². The number of hydrogen-bond donors (Lipinski definition) is 2. The van der Waals surface area contributed by atoms with E-state index in [9.17, 15) is 9.90 Å². The molecule has 0 saturated carbocycles. The van der Waals surface area contributed by atoms with Crippen LogP contribution in [0.2, 0.25) is 0 Å². The maximum Gasteiger partial charge on any atom is 0.251 e. The van der Waals surface area contributed by atoms with Crippen molar-refractivity contribution in [3.63, 3.8) is 0 Å². The van der Waals surface area contributed by atoms with Gasteiger partial charge in [0.2, 0.25) is 0 Å². The summed E-state index contributed by atoms with van der Waals surface area (Å²) in [7, 11) is 1.91. The van der Waals surface area contributed by atoms with Crippen LogP contribution >= 0.6 is 0 Å². The Hall–Kier alpha value is -1.99. The molecule has 24 heavy (non-hydrogen) atoms. The van der Waals surface area contributed by atoms with Gasteiger partial charge in [-0.25, -0.2) is 9.97 Å². The molecular formula is C17H25N5O2. The molecular weight excluding hydrogens is 306 g/mol. The maximum atomic E-state index is 11.7. The van der Waals surface area contributed by atoms with Crippen molar-refractivity contribution in [1.82, 2.24) is 24.4 Å². The van der Waals surface area contributed by atoms with Crippen LogP contribution in [0.1, 0.15) is 43.2 Å². The van der Waals surface area contributed by atoms with E-state index in [4.69, 9.17) is 0 Å². The minimum atomic E-state index is -0.520. The molecule has 0 bridgehead atoms. The van der Waals surface area contributed by atoms with Crippen LogP contribution in [0.25, 0.3) is 0 Å². The first-order valence-electron chi connectivity index (χ1n) is 8.53. The predicted octanol–water partition coefficient (Wildman–Crippen LogP) is 1.01. The molecule has 3 rings (SSSR count). The van der Waals surface area contributed by atoms with Gasteiger partial charge in [0.15, 0.2) is 0 Å². The van der Waals surface area contributed by atoms with Crippen molar-refractivity contribution in [2.24, 2.45) is 13.0 Å². The number of nitrogens with zero attached hydrogens (tertiary/aromatic N) is 4. The van der Waals surface area contributed by atoms with Gasteiger partial charge >= 0.3 is 0 Å². The average molecular weight is 331 g/mol. The van der Waals surface area contributed by atoms with Gasteiger partial charge in [0.1, 0.15) is 17.8 Å². The van der Waals surface area contributed by atoms with Crippen LogP contribution in [-0.2, 0) is 20.0 Å². The van der Waals surface area contributed by atoms with Gasteiger partial charge in [-0.2, -0.15) is 0 Å². The Morgan fingerprint density at radius 3 is 2.79 bits per heavy atom. The molecule has 7 heteroatoms. The zero-order chi connectivity index (χ0) is 17.1. The van der Waals surface area contributed by atoms with Crippen molar-refractivity contribution in [2.75, 3.05) is 13.1 Å². The molecule has 0 amide bonds. The van der Waals surface area contributed by atoms with E-state index in [0.717, 1.165) is 49.7 Å². The lowest BCUT2D eigenvalue weighted by Crippen LogP contribution is -2.36. The molecule has 3 heterocycles. The summed E-state index contributed by atoms with van der Waals surface area (Å²) >= 11 is 0. The number of H-pyrrole nitrogens is 1. The summed E-state index contributed by atoms with van der Waals surface area (Å²) in [6, 6.07) is 1.55. The fraction of sp³-hybridized carbons (Fsp3) is 0.588. The van der Waals surface area contributed by atoms with Crippen molar-refractivity contribution in [2.45, 2.75) is 38.8 Å². The number of likely N-dealkylation sites (tertiary alicyclic amines) is 1. The Labute approximate surface area is 141 Å². The van der Waals surface area contributed by atoms with E-state index in [0.29, 0.717) is 6.54 Å². The summed E-state index contributed by atoms with van der Waals surface area (Å²) in [5.74, 6) is 1.67. The Balaban J connectivity index is 1.58. The van der Waals surface area contributed by atoms with E-state index in [1.54, 1.807) is 12.3 Å². The van der Waals surface area contributed by atoms with Crippen LogP contribution in [0.15, 0.2) is 23.3 Å². The quantitative estimate of drug-likeness (QED) is 0.854. The minimum Gasteiger partial charge on any atom is -0.385 e. The highest BCUT2D eigenvalue weighted by atomic mass is 16.3. The number of aryl methyl sites for hydroxylation is 2. The number of aliphatic hydroxyl groups is 1. The number of aromatic amines is 1. The van der Waals surface area contributed by atoms with Crippen molar-refractivity contribution in [3.8, 4) is 0 Å². The van der Waals surface area contributed by atoms with Crippen LogP contribution in [0.5, 0.6) is 0 Å². The number of rotatable bonds is 5. The van der Waals surface area contributed by atoms with Gasteiger partial charge in [0, 0.05) is 31.2 Å². The number of hydrogen-bond acceptors (Lipinski definition) is 5. The topological polar surface area (TPSA) is 87.0 Å². The van der Waals surface area contributed by atoms with Gasteiger partial charge in [-0.15, -0.1) is 0 Å². The van der Waals surface area contributed by atoms with Crippen LogP contribution in [0.3, 0.4) is 0 Å². The molecule has 7 nitrogen and oxygen atoms in total. The summed E-state index contributed by atoms with van der Waals surface area (Å²) < 4.78 is 1.88.